The van der Waals surface area contributed by atoms with E-state index in [-0.39, 0.29) is 5.91 Å². The van der Waals surface area contributed by atoms with Crippen molar-refractivity contribution in [3.8, 4) is 5.69 Å². The fraction of sp³-hybridized carbons (Fsp3) is 0.333. The summed E-state index contributed by atoms with van der Waals surface area (Å²) in [6, 6.07) is 7.89. The van der Waals surface area contributed by atoms with Gasteiger partial charge in [0, 0.05) is 14.1 Å². The third-order valence-electron chi connectivity index (χ3n) is 2.54. The number of tetrazole rings is 1. The van der Waals surface area contributed by atoms with Gasteiger partial charge >= 0.3 is 0 Å². The highest BCUT2D eigenvalue weighted by Gasteiger charge is 2.12. The van der Waals surface area contributed by atoms with Crippen molar-refractivity contribution in [2.75, 3.05) is 19.8 Å². The lowest BCUT2D eigenvalue weighted by Gasteiger charge is -2.09. The first-order valence-electron chi connectivity index (χ1n) is 5.76. The van der Waals surface area contributed by atoms with Gasteiger partial charge in [-0.05, 0) is 29.5 Å². The molecule has 7 heteroatoms. The van der Waals surface area contributed by atoms with E-state index in [1.165, 1.54) is 17.3 Å². The summed E-state index contributed by atoms with van der Waals surface area (Å²) in [7, 11) is 3.46. The Balaban J connectivity index is 2.14. The molecular weight excluding hydrogens is 262 g/mol. The zero-order valence-electron chi connectivity index (χ0n) is 11.1. The van der Waals surface area contributed by atoms with Crippen molar-refractivity contribution in [1.82, 2.24) is 25.1 Å². The molecule has 0 spiro atoms. The summed E-state index contributed by atoms with van der Waals surface area (Å²) in [4.78, 5) is 13.1. The molecule has 0 saturated heterocycles. The van der Waals surface area contributed by atoms with E-state index in [9.17, 15) is 4.79 Å². The summed E-state index contributed by atoms with van der Waals surface area (Å²) in [6.45, 7) is 2.02. The fourth-order valence-corrected chi connectivity index (χ4v) is 2.24. The molecular formula is C12H15N5OS. The molecule has 19 heavy (non-hydrogen) atoms. The number of rotatable bonds is 4. The molecule has 2 rings (SSSR count). The Morgan fingerprint density at radius 1 is 1.32 bits per heavy atom. The second kappa shape index (κ2) is 5.83. The molecule has 0 N–H and O–H groups in total. The molecule has 1 amide bonds. The second-order valence-corrected chi connectivity index (χ2v) is 5.23. The van der Waals surface area contributed by atoms with Crippen molar-refractivity contribution in [3.63, 3.8) is 0 Å². The van der Waals surface area contributed by atoms with Crippen LogP contribution in [0.4, 0.5) is 0 Å². The number of hydrogen-bond acceptors (Lipinski definition) is 5. The highest BCUT2D eigenvalue weighted by atomic mass is 32.2. The lowest BCUT2D eigenvalue weighted by molar-refractivity contribution is -0.125. The van der Waals surface area contributed by atoms with Gasteiger partial charge in [0.15, 0.2) is 0 Å². The van der Waals surface area contributed by atoms with Gasteiger partial charge in [0.1, 0.15) is 0 Å². The first-order valence-corrected chi connectivity index (χ1v) is 6.75. The van der Waals surface area contributed by atoms with Gasteiger partial charge in [-0.1, -0.05) is 29.5 Å². The van der Waals surface area contributed by atoms with Gasteiger partial charge in [-0.2, -0.15) is 4.68 Å². The molecule has 1 aromatic heterocycles. The molecule has 0 aliphatic heterocycles. The third-order valence-corrected chi connectivity index (χ3v) is 3.45. The molecule has 100 valence electrons. The molecule has 0 radical (unpaired) electrons. The van der Waals surface area contributed by atoms with Crippen LogP contribution >= 0.6 is 11.8 Å². The van der Waals surface area contributed by atoms with E-state index in [1.807, 2.05) is 31.2 Å². The number of amides is 1. The molecule has 0 aliphatic rings. The molecule has 0 aliphatic carbocycles. The number of nitrogens with zero attached hydrogens (tertiary/aromatic N) is 5. The number of benzene rings is 1. The van der Waals surface area contributed by atoms with Crippen LogP contribution in [0.5, 0.6) is 0 Å². The van der Waals surface area contributed by atoms with Crippen molar-refractivity contribution >= 4 is 17.7 Å². The van der Waals surface area contributed by atoms with Gasteiger partial charge in [-0.25, -0.2) is 0 Å². The molecule has 6 nitrogen and oxygen atoms in total. The number of aryl methyl sites for hydroxylation is 1. The van der Waals surface area contributed by atoms with E-state index < -0.39 is 0 Å². The number of thioether (sulfide) groups is 1. The minimum Gasteiger partial charge on any atom is -0.348 e. The maximum Gasteiger partial charge on any atom is 0.232 e. The standard InChI is InChI=1S/C12H15N5OS/c1-9-4-6-10(7-5-9)17-12(13-14-15-17)19-8-11(18)16(2)3/h4-7H,8H2,1-3H3. The van der Waals surface area contributed by atoms with Gasteiger partial charge in [0.05, 0.1) is 11.4 Å². The van der Waals surface area contributed by atoms with Crippen LogP contribution in [0.15, 0.2) is 29.4 Å². The Labute approximate surface area is 115 Å². The normalized spacial score (nSPS) is 10.5. The maximum absolute atomic E-state index is 11.6. The fourth-order valence-electron chi connectivity index (χ4n) is 1.37. The largest absolute Gasteiger partial charge is 0.348 e. The number of carbonyl (C=O) groups excluding carboxylic acids is 1. The van der Waals surface area contributed by atoms with Gasteiger partial charge < -0.3 is 4.90 Å². The number of hydrogen-bond donors (Lipinski definition) is 0. The van der Waals surface area contributed by atoms with Gasteiger partial charge in [0.25, 0.3) is 0 Å². The van der Waals surface area contributed by atoms with Crippen LogP contribution in [0.2, 0.25) is 0 Å². The lowest BCUT2D eigenvalue weighted by Crippen LogP contribution is -2.23. The zero-order chi connectivity index (χ0) is 13.8. The van der Waals surface area contributed by atoms with Crippen LogP contribution in [-0.2, 0) is 4.79 Å². The Morgan fingerprint density at radius 2 is 2.00 bits per heavy atom. The molecule has 1 heterocycles. The number of carbonyl (C=O) groups is 1. The van der Waals surface area contributed by atoms with Crippen LogP contribution in [-0.4, -0.2) is 50.9 Å². The average molecular weight is 277 g/mol. The molecule has 0 saturated carbocycles. The van der Waals surface area contributed by atoms with Crippen LogP contribution in [0.1, 0.15) is 5.56 Å². The predicted molar refractivity (Wildman–Crippen MR) is 73.3 cm³/mol. The van der Waals surface area contributed by atoms with Crippen LogP contribution in [0, 0.1) is 6.92 Å². The lowest BCUT2D eigenvalue weighted by atomic mass is 10.2. The quantitative estimate of drug-likeness (QED) is 0.784. The van der Waals surface area contributed by atoms with E-state index in [0.29, 0.717) is 10.9 Å². The van der Waals surface area contributed by atoms with Gasteiger partial charge in [-0.3, -0.25) is 4.79 Å². The minimum atomic E-state index is 0.0310. The summed E-state index contributed by atoms with van der Waals surface area (Å²) >= 11 is 1.32. The first-order chi connectivity index (χ1) is 9.08. The zero-order valence-corrected chi connectivity index (χ0v) is 11.9. The van der Waals surface area contributed by atoms with Crippen molar-refractivity contribution < 1.29 is 4.79 Å². The molecule has 0 atom stereocenters. The summed E-state index contributed by atoms with van der Waals surface area (Å²) in [5.74, 6) is 0.350. The van der Waals surface area contributed by atoms with Crippen molar-refractivity contribution in [1.29, 1.82) is 0 Å². The van der Waals surface area contributed by atoms with E-state index in [1.54, 1.807) is 23.7 Å². The smallest absolute Gasteiger partial charge is 0.232 e. The van der Waals surface area contributed by atoms with Gasteiger partial charge in [0.2, 0.25) is 11.1 Å². The van der Waals surface area contributed by atoms with E-state index in [0.717, 1.165) is 5.69 Å². The highest BCUT2D eigenvalue weighted by molar-refractivity contribution is 7.99. The summed E-state index contributed by atoms with van der Waals surface area (Å²) in [5.41, 5.74) is 2.06. The average Bonchev–Trinajstić information content (AvgIpc) is 2.85. The summed E-state index contributed by atoms with van der Waals surface area (Å²) < 4.78 is 1.63. The number of aromatic nitrogens is 4. The van der Waals surface area contributed by atoms with E-state index >= 15 is 0 Å². The monoisotopic (exact) mass is 277 g/mol. The maximum atomic E-state index is 11.6. The van der Waals surface area contributed by atoms with Crippen molar-refractivity contribution in [2.45, 2.75) is 12.1 Å². The molecule has 2 aromatic rings. The Morgan fingerprint density at radius 3 is 2.63 bits per heavy atom. The third kappa shape index (κ3) is 3.31. The van der Waals surface area contributed by atoms with Crippen LogP contribution in [0.3, 0.4) is 0 Å². The Bertz CT molecular complexity index is 564. The second-order valence-electron chi connectivity index (χ2n) is 4.29. The van der Waals surface area contributed by atoms with E-state index in [2.05, 4.69) is 15.5 Å². The Hall–Kier alpha value is -1.89. The van der Waals surface area contributed by atoms with Crippen LogP contribution in [0.25, 0.3) is 5.69 Å². The van der Waals surface area contributed by atoms with Crippen molar-refractivity contribution in [2.24, 2.45) is 0 Å². The molecule has 1 aromatic carbocycles. The molecule has 0 bridgehead atoms. The summed E-state index contributed by atoms with van der Waals surface area (Å²) in [5, 5.41) is 12.2. The first kappa shape index (κ1) is 13.5. The van der Waals surface area contributed by atoms with E-state index in [4.69, 9.17) is 0 Å². The predicted octanol–water partition coefficient (Wildman–Crippen LogP) is 1.15. The SMILES string of the molecule is Cc1ccc(-n2nnnc2SCC(=O)N(C)C)cc1. The van der Waals surface area contributed by atoms with Crippen LogP contribution < -0.4 is 0 Å². The minimum absolute atomic E-state index is 0.0310. The van der Waals surface area contributed by atoms with Gasteiger partial charge in [-0.15, -0.1) is 5.10 Å². The highest BCUT2D eigenvalue weighted by Crippen LogP contribution is 2.18. The molecule has 0 fully saturated rings. The topological polar surface area (TPSA) is 63.9 Å². The van der Waals surface area contributed by atoms with Crippen molar-refractivity contribution in [3.05, 3.63) is 29.8 Å². The summed E-state index contributed by atoms with van der Waals surface area (Å²) in [6.07, 6.45) is 0. The molecule has 0 unspecified atom stereocenters. The Kier molecular flexibility index (Phi) is 4.16.